The van der Waals surface area contributed by atoms with E-state index in [0.29, 0.717) is 30.4 Å². The Labute approximate surface area is 208 Å². The van der Waals surface area contributed by atoms with Crippen LogP contribution in [0.15, 0.2) is 82.1 Å². The van der Waals surface area contributed by atoms with Gasteiger partial charge in [0.2, 0.25) is 5.89 Å². The lowest BCUT2D eigenvalue weighted by molar-refractivity contribution is 0.0939. The molecule has 0 saturated heterocycles. The molecule has 0 bridgehead atoms. The minimum Gasteiger partial charge on any atom is -0.486 e. The zero-order chi connectivity index (χ0) is 24.2. The second kappa shape index (κ2) is 10.3. The van der Waals surface area contributed by atoms with Crippen LogP contribution in [-0.4, -0.2) is 24.1 Å². The Morgan fingerprint density at radius 2 is 1.74 bits per heavy atom. The van der Waals surface area contributed by atoms with E-state index in [1.54, 1.807) is 23.9 Å². The topological polar surface area (TPSA) is 73.6 Å². The van der Waals surface area contributed by atoms with Gasteiger partial charge >= 0.3 is 0 Å². The van der Waals surface area contributed by atoms with Crippen LogP contribution in [-0.2, 0) is 5.75 Å². The molecule has 6 nitrogen and oxygen atoms in total. The average Bonchev–Trinajstić information content (AvgIpc) is 3.28. The van der Waals surface area contributed by atoms with Crippen molar-refractivity contribution in [3.8, 4) is 23.0 Å². The highest BCUT2D eigenvalue weighted by atomic mass is 32.2. The number of aryl methyl sites for hydroxylation is 1. The fourth-order valence-electron chi connectivity index (χ4n) is 3.81. The summed E-state index contributed by atoms with van der Waals surface area (Å²) in [4.78, 5) is 18.7. The number of rotatable bonds is 7. The monoisotopic (exact) mass is 486 g/mol. The number of fused-ring (bicyclic) bond motifs is 1. The number of amides is 1. The molecule has 0 saturated carbocycles. The summed E-state index contributed by atoms with van der Waals surface area (Å²) in [5, 5.41) is 3.05. The maximum Gasteiger partial charge on any atom is 0.251 e. The fraction of sp³-hybridized carbons (Fsp3) is 0.214. The molecular weight excluding hydrogens is 460 g/mol. The van der Waals surface area contributed by atoms with Crippen LogP contribution in [0.25, 0.3) is 11.5 Å². The number of hydrogen-bond donors (Lipinski definition) is 1. The Morgan fingerprint density at radius 3 is 2.51 bits per heavy atom. The lowest BCUT2D eigenvalue weighted by Crippen LogP contribution is -2.26. The molecule has 0 unspecified atom stereocenters. The maximum absolute atomic E-state index is 12.8. The summed E-state index contributed by atoms with van der Waals surface area (Å²) >= 11 is 1.72. The van der Waals surface area contributed by atoms with Crippen LogP contribution < -0.4 is 14.8 Å². The molecule has 1 atom stereocenters. The van der Waals surface area contributed by atoms with Gasteiger partial charge in [0.25, 0.3) is 5.91 Å². The van der Waals surface area contributed by atoms with Gasteiger partial charge in [0, 0.05) is 21.8 Å². The van der Waals surface area contributed by atoms with E-state index in [0.717, 1.165) is 34.1 Å². The van der Waals surface area contributed by atoms with Crippen molar-refractivity contribution in [2.45, 2.75) is 30.5 Å². The van der Waals surface area contributed by atoms with E-state index in [4.69, 9.17) is 13.9 Å². The van der Waals surface area contributed by atoms with Gasteiger partial charge in [0.05, 0.1) is 11.7 Å². The summed E-state index contributed by atoms with van der Waals surface area (Å²) in [6, 6.07) is 23.1. The molecule has 0 aliphatic carbocycles. The summed E-state index contributed by atoms with van der Waals surface area (Å²) in [5.74, 6) is 3.39. The Kier molecular flexibility index (Phi) is 6.77. The molecule has 3 aromatic carbocycles. The number of ether oxygens (including phenoxy) is 2. The van der Waals surface area contributed by atoms with Crippen LogP contribution >= 0.6 is 11.8 Å². The van der Waals surface area contributed by atoms with Gasteiger partial charge in [-0.15, -0.1) is 11.8 Å². The van der Waals surface area contributed by atoms with Gasteiger partial charge in [0.1, 0.15) is 19.0 Å². The first-order valence-corrected chi connectivity index (χ1v) is 12.5. The number of thioether (sulfide) groups is 1. The van der Waals surface area contributed by atoms with Crippen molar-refractivity contribution < 1.29 is 18.7 Å². The number of oxazole rings is 1. The molecule has 1 aliphatic heterocycles. The van der Waals surface area contributed by atoms with Crippen molar-refractivity contribution in [3.05, 3.63) is 95.4 Å². The van der Waals surface area contributed by atoms with Gasteiger partial charge in [-0.1, -0.05) is 24.3 Å². The first kappa shape index (κ1) is 23.1. The molecule has 1 amide bonds. The Morgan fingerprint density at radius 1 is 1.00 bits per heavy atom. The number of nitrogens with zero attached hydrogens (tertiary/aromatic N) is 1. The van der Waals surface area contributed by atoms with Crippen molar-refractivity contribution >= 4 is 17.7 Å². The molecule has 1 N–H and O–H groups in total. The van der Waals surface area contributed by atoms with E-state index in [1.807, 2.05) is 62.4 Å². The molecule has 7 heteroatoms. The van der Waals surface area contributed by atoms with E-state index in [9.17, 15) is 4.79 Å². The minimum atomic E-state index is -0.183. The molecule has 1 aliphatic rings. The number of carbonyl (C=O) groups excluding carboxylic acids is 1. The van der Waals surface area contributed by atoms with E-state index >= 15 is 0 Å². The number of aromatic nitrogens is 1. The lowest BCUT2D eigenvalue weighted by Gasteiger charge is -2.21. The standard InChI is InChI=1S/C28H26N2O4S/c1-18(22-12-13-25-26(16-22)33-15-14-32-25)29-27(31)20-8-10-21(11-9-20)28-30-24(19(2)34-28)17-35-23-6-4-3-5-7-23/h3-13,16,18H,14-15,17H2,1-2H3,(H,29,31)/t18-/m0/s1. The predicted molar refractivity (Wildman–Crippen MR) is 136 cm³/mol. The molecule has 4 aromatic rings. The lowest BCUT2D eigenvalue weighted by atomic mass is 10.1. The molecule has 5 rings (SSSR count). The Bertz CT molecular complexity index is 1320. The molecular formula is C28H26N2O4S. The third kappa shape index (κ3) is 5.35. The molecule has 1 aromatic heterocycles. The summed E-state index contributed by atoms with van der Waals surface area (Å²) in [7, 11) is 0. The van der Waals surface area contributed by atoms with Crippen molar-refractivity contribution in [1.29, 1.82) is 0 Å². The summed E-state index contributed by atoms with van der Waals surface area (Å²) < 4.78 is 17.1. The minimum absolute atomic E-state index is 0.150. The first-order chi connectivity index (χ1) is 17.1. The molecule has 0 spiro atoms. The largest absolute Gasteiger partial charge is 0.486 e. The van der Waals surface area contributed by atoms with Gasteiger partial charge in [-0.3, -0.25) is 4.79 Å². The number of nitrogens with one attached hydrogen (secondary N) is 1. The molecule has 2 heterocycles. The highest BCUT2D eigenvalue weighted by molar-refractivity contribution is 7.98. The van der Waals surface area contributed by atoms with Gasteiger partial charge in [-0.2, -0.15) is 0 Å². The summed E-state index contributed by atoms with van der Waals surface area (Å²) in [6.45, 7) is 4.96. The van der Waals surface area contributed by atoms with Crippen LogP contribution in [0.5, 0.6) is 11.5 Å². The van der Waals surface area contributed by atoms with Crippen LogP contribution in [0.2, 0.25) is 0 Å². The van der Waals surface area contributed by atoms with Crippen molar-refractivity contribution in [2.24, 2.45) is 0 Å². The highest BCUT2D eigenvalue weighted by Crippen LogP contribution is 2.33. The van der Waals surface area contributed by atoms with Crippen LogP contribution in [0, 0.1) is 6.92 Å². The SMILES string of the molecule is Cc1oc(-c2ccc(C(=O)N[C@@H](C)c3ccc4c(c3)OCCO4)cc2)nc1CSc1ccccc1. The van der Waals surface area contributed by atoms with Crippen LogP contribution in [0.4, 0.5) is 0 Å². The number of benzene rings is 3. The van der Waals surface area contributed by atoms with Gasteiger partial charge in [-0.25, -0.2) is 4.98 Å². The van der Waals surface area contributed by atoms with Crippen LogP contribution in [0.3, 0.4) is 0 Å². The second-order valence-corrected chi connectivity index (χ2v) is 9.35. The van der Waals surface area contributed by atoms with Gasteiger partial charge in [0.15, 0.2) is 11.5 Å². The zero-order valence-electron chi connectivity index (χ0n) is 19.6. The second-order valence-electron chi connectivity index (χ2n) is 8.30. The van der Waals surface area contributed by atoms with Crippen LogP contribution in [0.1, 0.15) is 40.3 Å². The normalized spacial score (nSPS) is 13.3. The molecule has 35 heavy (non-hydrogen) atoms. The van der Waals surface area contributed by atoms with Crippen molar-refractivity contribution in [3.63, 3.8) is 0 Å². The van der Waals surface area contributed by atoms with Gasteiger partial charge < -0.3 is 19.2 Å². The Balaban J connectivity index is 1.23. The van der Waals surface area contributed by atoms with E-state index in [-0.39, 0.29) is 11.9 Å². The van der Waals surface area contributed by atoms with Gasteiger partial charge in [-0.05, 0) is 67.9 Å². The molecule has 0 fully saturated rings. The van der Waals surface area contributed by atoms with Crippen molar-refractivity contribution in [1.82, 2.24) is 10.3 Å². The van der Waals surface area contributed by atoms with E-state index in [1.165, 1.54) is 4.90 Å². The van der Waals surface area contributed by atoms with Crippen molar-refractivity contribution in [2.75, 3.05) is 13.2 Å². The molecule has 0 radical (unpaired) electrons. The smallest absolute Gasteiger partial charge is 0.251 e. The third-order valence-corrected chi connectivity index (χ3v) is 6.84. The maximum atomic E-state index is 12.8. The number of hydrogen-bond acceptors (Lipinski definition) is 6. The summed E-state index contributed by atoms with van der Waals surface area (Å²) in [5.41, 5.74) is 3.28. The number of carbonyl (C=O) groups is 1. The average molecular weight is 487 g/mol. The predicted octanol–water partition coefficient (Wildman–Crippen LogP) is 6.20. The quantitative estimate of drug-likeness (QED) is 0.313. The van der Waals surface area contributed by atoms with E-state index < -0.39 is 0 Å². The zero-order valence-corrected chi connectivity index (χ0v) is 20.4. The highest BCUT2D eigenvalue weighted by Gasteiger charge is 2.17. The fourth-order valence-corrected chi connectivity index (χ4v) is 4.73. The summed E-state index contributed by atoms with van der Waals surface area (Å²) in [6.07, 6.45) is 0. The van der Waals surface area contributed by atoms with E-state index in [2.05, 4.69) is 22.4 Å². The Hall–Kier alpha value is -3.71. The molecule has 178 valence electrons. The first-order valence-electron chi connectivity index (χ1n) is 11.5. The third-order valence-electron chi connectivity index (χ3n) is 5.82.